The van der Waals surface area contributed by atoms with Crippen molar-refractivity contribution in [2.75, 3.05) is 5.75 Å². The number of benzene rings is 1. The van der Waals surface area contributed by atoms with E-state index < -0.39 is 0 Å². The van der Waals surface area contributed by atoms with Crippen molar-refractivity contribution in [1.29, 1.82) is 0 Å². The zero-order valence-electron chi connectivity index (χ0n) is 6.16. The molecule has 0 saturated carbocycles. The Morgan fingerprint density at radius 2 is 2.27 bits per heavy atom. The molecular formula is C9H10OS. The van der Waals surface area contributed by atoms with Crippen molar-refractivity contribution in [3.63, 3.8) is 0 Å². The maximum absolute atomic E-state index is 10.3. The van der Waals surface area contributed by atoms with Crippen molar-refractivity contribution >= 4 is 18.9 Å². The van der Waals surface area contributed by atoms with E-state index in [9.17, 15) is 4.79 Å². The minimum absolute atomic E-state index is 0.740. The topological polar surface area (TPSA) is 17.1 Å². The van der Waals surface area contributed by atoms with Gasteiger partial charge in [0.1, 0.15) is 6.29 Å². The van der Waals surface area contributed by atoms with Crippen LogP contribution >= 0.6 is 12.6 Å². The summed E-state index contributed by atoms with van der Waals surface area (Å²) in [5, 5.41) is 0. The Bertz CT molecular complexity index is 245. The van der Waals surface area contributed by atoms with Gasteiger partial charge in [-0.3, -0.25) is 4.79 Å². The summed E-state index contributed by atoms with van der Waals surface area (Å²) in [5.74, 6) is 0.822. The average Bonchev–Trinajstić information content (AvgIpc) is 2.06. The van der Waals surface area contributed by atoms with Gasteiger partial charge in [-0.15, -0.1) is 0 Å². The lowest BCUT2D eigenvalue weighted by Crippen LogP contribution is -1.87. The standard InChI is InChI=1S/C9H10OS/c10-7-9-3-1-2-8(6-9)4-5-11/h1-3,6-7,11H,4-5H2. The summed E-state index contributed by atoms with van der Waals surface area (Å²) in [6.45, 7) is 0. The molecule has 0 aromatic heterocycles. The van der Waals surface area contributed by atoms with Gasteiger partial charge in [-0.05, 0) is 23.8 Å². The molecule has 0 fully saturated rings. The summed E-state index contributed by atoms with van der Waals surface area (Å²) in [6.07, 6.45) is 1.78. The zero-order chi connectivity index (χ0) is 8.10. The Kier molecular flexibility index (Phi) is 3.17. The number of hydrogen-bond acceptors (Lipinski definition) is 2. The van der Waals surface area contributed by atoms with Crippen molar-refractivity contribution in [3.8, 4) is 0 Å². The molecule has 0 aliphatic rings. The lowest BCUT2D eigenvalue weighted by molar-refractivity contribution is 0.112. The number of rotatable bonds is 3. The third-order valence-corrected chi connectivity index (χ3v) is 1.71. The van der Waals surface area contributed by atoms with Crippen molar-refractivity contribution < 1.29 is 4.79 Å². The lowest BCUT2D eigenvalue weighted by Gasteiger charge is -1.97. The first-order valence-corrected chi connectivity index (χ1v) is 4.15. The molecule has 0 spiro atoms. The number of aryl methyl sites for hydroxylation is 1. The highest BCUT2D eigenvalue weighted by molar-refractivity contribution is 7.80. The summed E-state index contributed by atoms with van der Waals surface area (Å²) in [4.78, 5) is 10.3. The second-order valence-electron chi connectivity index (χ2n) is 2.34. The molecule has 2 heteroatoms. The van der Waals surface area contributed by atoms with Crippen molar-refractivity contribution in [1.82, 2.24) is 0 Å². The minimum Gasteiger partial charge on any atom is -0.298 e. The van der Waals surface area contributed by atoms with E-state index in [1.165, 1.54) is 5.56 Å². The number of carbonyl (C=O) groups is 1. The number of carbonyl (C=O) groups excluding carboxylic acids is 1. The maximum atomic E-state index is 10.3. The molecule has 1 aromatic rings. The maximum Gasteiger partial charge on any atom is 0.150 e. The number of thiol groups is 1. The highest BCUT2D eigenvalue weighted by atomic mass is 32.1. The van der Waals surface area contributed by atoms with Gasteiger partial charge in [-0.25, -0.2) is 0 Å². The molecule has 0 saturated heterocycles. The Balaban J connectivity index is 2.82. The molecule has 0 bridgehead atoms. The largest absolute Gasteiger partial charge is 0.298 e. The highest BCUT2D eigenvalue weighted by Gasteiger charge is 1.92. The van der Waals surface area contributed by atoms with Crippen molar-refractivity contribution in [2.24, 2.45) is 0 Å². The lowest BCUT2D eigenvalue weighted by atomic mass is 10.1. The Labute approximate surface area is 71.8 Å². The molecular weight excluding hydrogens is 156 g/mol. The third-order valence-electron chi connectivity index (χ3n) is 1.49. The van der Waals surface area contributed by atoms with E-state index in [1.807, 2.05) is 18.2 Å². The molecule has 0 atom stereocenters. The average molecular weight is 166 g/mol. The fourth-order valence-corrected chi connectivity index (χ4v) is 1.21. The summed E-state index contributed by atoms with van der Waals surface area (Å²) < 4.78 is 0. The fourth-order valence-electron chi connectivity index (χ4n) is 0.951. The predicted octanol–water partition coefficient (Wildman–Crippen LogP) is 1.97. The second-order valence-corrected chi connectivity index (χ2v) is 2.78. The smallest absolute Gasteiger partial charge is 0.150 e. The van der Waals surface area contributed by atoms with Crippen LogP contribution in [0.4, 0.5) is 0 Å². The van der Waals surface area contributed by atoms with Gasteiger partial charge in [-0.2, -0.15) is 12.6 Å². The van der Waals surface area contributed by atoms with Crippen LogP contribution in [0.1, 0.15) is 15.9 Å². The SMILES string of the molecule is O=Cc1cccc(CCS)c1. The quantitative estimate of drug-likeness (QED) is 0.536. The van der Waals surface area contributed by atoms with E-state index >= 15 is 0 Å². The van der Waals surface area contributed by atoms with Crippen LogP contribution in [0.3, 0.4) is 0 Å². The van der Waals surface area contributed by atoms with E-state index in [4.69, 9.17) is 0 Å². The van der Waals surface area contributed by atoms with Crippen LogP contribution in [-0.4, -0.2) is 12.0 Å². The predicted molar refractivity (Wildman–Crippen MR) is 49.4 cm³/mol. The van der Waals surface area contributed by atoms with Crippen LogP contribution < -0.4 is 0 Å². The van der Waals surface area contributed by atoms with Gasteiger partial charge in [0, 0.05) is 5.56 Å². The molecule has 11 heavy (non-hydrogen) atoms. The first kappa shape index (κ1) is 8.34. The van der Waals surface area contributed by atoms with Crippen molar-refractivity contribution in [3.05, 3.63) is 35.4 Å². The molecule has 0 unspecified atom stereocenters. The number of aldehydes is 1. The van der Waals surface area contributed by atoms with Gasteiger partial charge < -0.3 is 0 Å². The van der Waals surface area contributed by atoms with E-state index in [0.29, 0.717) is 0 Å². The zero-order valence-corrected chi connectivity index (χ0v) is 7.05. The molecule has 58 valence electrons. The molecule has 1 aromatic carbocycles. The third kappa shape index (κ3) is 2.39. The summed E-state index contributed by atoms with van der Waals surface area (Å²) in [5.41, 5.74) is 1.91. The molecule has 1 nitrogen and oxygen atoms in total. The van der Waals surface area contributed by atoms with Crippen LogP contribution in [-0.2, 0) is 6.42 Å². The van der Waals surface area contributed by atoms with Crippen LogP contribution in [0.25, 0.3) is 0 Å². The highest BCUT2D eigenvalue weighted by Crippen LogP contribution is 2.04. The molecule has 0 amide bonds. The van der Waals surface area contributed by atoms with Gasteiger partial charge in [0.2, 0.25) is 0 Å². The van der Waals surface area contributed by atoms with Gasteiger partial charge in [0.05, 0.1) is 0 Å². The molecule has 0 aliphatic carbocycles. The van der Waals surface area contributed by atoms with Crippen LogP contribution in [0.2, 0.25) is 0 Å². The van der Waals surface area contributed by atoms with Crippen LogP contribution in [0.15, 0.2) is 24.3 Å². The first-order chi connectivity index (χ1) is 5.36. The molecule has 0 radical (unpaired) electrons. The summed E-state index contributed by atoms with van der Waals surface area (Å²) in [7, 11) is 0. The van der Waals surface area contributed by atoms with E-state index in [-0.39, 0.29) is 0 Å². The molecule has 0 aliphatic heterocycles. The van der Waals surface area contributed by atoms with E-state index in [0.717, 1.165) is 24.0 Å². The second kappa shape index (κ2) is 4.19. The van der Waals surface area contributed by atoms with Crippen LogP contribution in [0, 0.1) is 0 Å². The molecule has 0 heterocycles. The van der Waals surface area contributed by atoms with Gasteiger partial charge in [0.25, 0.3) is 0 Å². The monoisotopic (exact) mass is 166 g/mol. The minimum atomic E-state index is 0.740. The van der Waals surface area contributed by atoms with Gasteiger partial charge >= 0.3 is 0 Å². The number of hydrogen-bond donors (Lipinski definition) is 1. The van der Waals surface area contributed by atoms with Gasteiger partial charge in [-0.1, -0.05) is 18.2 Å². The van der Waals surface area contributed by atoms with E-state index in [2.05, 4.69) is 12.6 Å². The fraction of sp³-hybridized carbons (Fsp3) is 0.222. The summed E-state index contributed by atoms with van der Waals surface area (Å²) in [6, 6.07) is 7.59. The van der Waals surface area contributed by atoms with Crippen molar-refractivity contribution in [2.45, 2.75) is 6.42 Å². The molecule has 1 rings (SSSR count). The summed E-state index contributed by atoms with van der Waals surface area (Å²) >= 11 is 4.11. The Hall–Kier alpha value is -0.760. The van der Waals surface area contributed by atoms with Gasteiger partial charge in [0.15, 0.2) is 0 Å². The van der Waals surface area contributed by atoms with Crippen LogP contribution in [0.5, 0.6) is 0 Å². The van der Waals surface area contributed by atoms with E-state index in [1.54, 1.807) is 6.07 Å². The molecule has 0 N–H and O–H groups in total. The Morgan fingerprint density at radius 3 is 2.91 bits per heavy atom. The Morgan fingerprint density at radius 1 is 1.45 bits per heavy atom. The first-order valence-electron chi connectivity index (χ1n) is 3.52. The normalized spacial score (nSPS) is 9.55.